The first-order valence-electron chi connectivity index (χ1n) is 6.73. The number of ether oxygens (including phenoxy) is 1. The highest BCUT2D eigenvalue weighted by molar-refractivity contribution is 5.37. The molecule has 0 bridgehead atoms. The lowest BCUT2D eigenvalue weighted by Gasteiger charge is -2.35. The lowest BCUT2D eigenvalue weighted by atomic mass is 9.84. The van der Waals surface area contributed by atoms with Gasteiger partial charge in [0.25, 0.3) is 0 Å². The average molecular weight is 231 g/mol. The predicted molar refractivity (Wildman–Crippen MR) is 69.3 cm³/mol. The minimum absolute atomic E-state index is 0.981. The van der Waals surface area contributed by atoms with E-state index in [1.54, 1.807) is 7.11 Å². The van der Waals surface area contributed by atoms with Gasteiger partial charge in [-0.15, -0.1) is 0 Å². The van der Waals surface area contributed by atoms with E-state index < -0.39 is 0 Å². The van der Waals surface area contributed by atoms with E-state index >= 15 is 0 Å². The largest absolute Gasteiger partial charge is 0.497 e. The van der Waals surface area contributed by atoms with Crippen LogP contribution < -0.4 is 4.74 Å². The molecule has 1 heterocycles. The zero-order valence-corrected chi connectivity index (χ0v) is 10.6. The molecule has 0 aromatic heterocycles. The lowest BCUT2D eigenvalue weighted by molar-refractivity contribution is 0.165. The molecule has 0 unspecified atom stereocenters. The Labute approximate surface area is 104 Å². The van der Waals surface area contributed by atoms with Gasteiger partial charge < -0.3 is 4.74 Å². The summed E-state index contributed by atoms with van der Waals surface area (Å²) in [6.45, 7) is 3.66. The molecule has 0 amide bonds. The fourth-order valence-corrected chi connectivity index (χ4v) is 2.91. The van der Waals surface area contributed by atoms with Gasteiger partial charge in [-0.3, -0.25) is 4.90 Å². The maximum Gasteiger partial charge on any atom is 0.119 e. The van der Waals surface area contributed by atoms with E-state index in [0.717, 1.165) is 18.2 Å². The average Bonchev–Trinajstić information content (AvgIpc) is 2.33. The van der Waals surface area contributed by atoms with E-state index in [1.165, 1.54) is 49.9 Å². The first-order chi connectivity index (χ1) is 8.35. The Kier molecular flexibility index (Phi) is 3.06. The monoisotopic (exact) mass is 231 g/mol. The summed E-state index contributed by atoms with van der Waals surface area (Å²) in [5, 5.41) is 0. The van der Waals surface area contributed by atoms with Crippen molar-refractivity contribution in [3.63, 3.8) is 0 Å². The number of methoxy groups -OCH3 is 1. The van der Waals surface area contributed by atoms with E-state index in [4.69, 9.17) is 4.74 Å². The Bertz CT molecular complexity index is 398. The highest BCUT2D eigenvalue weighted by atomic mass is 16.5. The van der Waals surface area contributed by atoms with Gasteiger partial charge in [-0.25, -0.2) is 0 Å². The smallest absolute Gasteiger partial charge is 0.119 e. The lowest BCUT2D eigenvalue weighted by Crippen LogP contribution is -2.36. The molecule has 1 aliphatic carbocycles. The van der Waals surface area contributed by atoms with E-state index in [9.17, 15) is 0 Å². The molecule has 2 nitrogen and oxygen atoms in total. The van der Waals surface area contributed by atoms with Crippen molar-refractivity contribution in [3.05, 3.63) is 29.3 Å². The van der Waals surface area contributed by atoms with Gasteiger partial charge in [-0.1, -0.05) is 12.5 Å². The number of fused-ring (bicyclic) bond motifs is 1. The summed E-state index contributed by atoms with van der Waals surface area (Å²) in [6.07, 6.45) is 5.53. The molecule has 0 atom stereocenters. The fourth-order valence-electron chi connectivity index (χ4n) is 2.91. The van der Waals surface area contributed by atoms with Gasteiger partial charge in [0.2, 0.25) is 0 Å². The van der Waals surface area contributed by atoms with Crippen molar-refractivity contribution in [1.82, 2.24) is 4.90 Å². The van der Waals surface area contributed by atoms with Crippen LogP contribution in [0, 0.1) is 5.92 Å². The van der Waals surface area contributed by atoms with Gasteiger partial charge in [-0.2, -0.15) is 0 Å². The summed E-state index contributed by atoms with van der Waals surface area (Å²) in [7, 11) is 1.74. The van der Waals surface area contributed by atoms with Crippen LogP contribution in [0.2, 0.25) is 0 Å². The Morgan fingerprint density at radius 1 is 1.29 bits per heavy atom. The van der Waals surface area contributed by atoms with Crippen LogP contribution in [0.5, 0.6) is 5.75 Å². The van der Waals surface area contributed by atoms with Crippen LogP contribution in [-0.4, -0.2) is 25.1 Å². The molecular weight excluding hydrogens is 210 g/mol. The molecule has 0 spiro atoms. The number of hydrogen-bond donors (Lipinski definition) is 0. The number of nitrogens with zero attached hydrogens (tertiary/aromatic N) is 1. The summed E-state index contributed by atoms with van der Waals surface area (Å²) in [5.74, 6) is 1.98. The first kappa shape index (κ1) is 11.1. The number of hydrogen-bond acceptors (Lipinski definition) is 2. The standard InChI is InChI=1S/C15H21NO/c1-17-15-6-5-14-11-16(8-7-13(14)9-15)10-12-3-2-4-12/h5-6,9,12H,2-4,7-8,10-11H2,1H3. The maximum absolute atomic E-state index is 5.28. The van der Waals surface area contributed by atoms with Crippen LogP contribution in [0.15, 0.2) is 18.2 Å². The van der Waals surface area contributed by atoms with Crippen LogP contribution in [0.25, 0.3) is 0 Å². The van der Waals surface area contributed by atoms with E-state index in [0.29, 0.717) is 0 Å². The number of rotatable bonds is 3. The molecule has 1 saturated carbocycles. The summed E-state index contributed by atoms with van der Waals surface area (Å²) in [6, 6.07) is 6.53. The Hall–Kier alpha value is -1.02. The highest BCUT2D eigenvalue weighted by Gasteiger charge is 2.23. The van der Waals surface area contributed by atoms with E-state index in [1.807, 2.05) is 0 Å². The summed E-state index contributed by atoms with van der Waals surface area (Å²) in [5.41, 5.74) is 2.98. The quantitative estimate of drug-likeness (QED) is 0.793. The van der Waals surface area contributed by atoms with Crippen molar-refractivity contribution >= 4 is 0 Å². The van der Waals surface area contributed by atoms with E-state index in [2.05, 4.69) is 23.1 Å². The highest BCUT2D eigenvalue weighted by Crippen LogP contribution is 2.30. The van der Waals surface area contributed by atoms with Crippen molar-refractivity contribution < 1.29 is 4.74 Å². The third-order valence-corrected chi connectivity index (χ3v) is 4.25. The summed E-state index contributed by atoms with van der Waals surface area (Å²) >= 11 is 0. The van der Waals surface area contributed by atoms with Crippen molar-refractivity contribution in [2.75, 3.05) is 20.2 Å². The Balaban J connectivity index is 1.67. The molecule has 0 N–H and O–H groups in total. The predicted octanol–water partition coefficient (Wildman–Crippen LogP) is 2.85. The second kappa shape index (κ2) is 4.69. The topological polar surface area (TPSA) is 12.5 Å². The molecule has 92 valence electrons. The molecular formula is C15H21NO. The van der Waals surface area contributed by atoms with Crippen LogP contribution in [0.1, 0.15) is 30.4 Å². The third kappa shape index (κ3) is 2.32. The van der Waals surface area contributed by atoms with Crippen LogP contribution in [0.3, 0.4) is 0 Å². The van der Waals surface area contributed by atoms with Crippen molar-refractivity contribution in [3.8, 4) is 5.75 Å². The molecule has 17 heavy (non-hydrogen) atoms. The molecule has 2 heteroatoms. The second-order valence-electron chi connectivity index (χ2n) is 5.42. The molecule has 1 aromatic carbocycles. The zero-order valence-electron chi connectivity index (χ0n) is 10.6. The minimum Gasteiger partial charge on any atom is -0.497 e. The van der Waals surface area contributed by atoms with Gasteiger partial charge in [0, 0.05) is 19.6 Å². The van der Waals surface area contributed by atoms with Crippen molar-refractivity contribution in [2.45, 2.75) is 32.2 Å². The number of benzene rings is 1. The Morgan fingerprint density at radius 2 is 2.18 bits per heavy atom. The summed E-state index contributed by atoms with van der Waals surface area (Å²) < 4.78 is 5.28. The van der Waals surface area contributed by atoms with Gasteiger partial charge in [-0.05, 0) is 48.4 Å². The van der Waals surface area contributed by atoms with Gasteiger partial charge >= 0.3 is 0 Å². The molecule has 2 aliphatic rings. The van der Waals surface area contributed by atoms with Gasteiger partial charge in [0.15, 0.2) is 0 Å². The Morgan fingerprint density at radius 3 is 2.88 bits per heavy atom. The van der Waals surface area contributed by atoms with Crippen LogP contribution in [0.4, 0.5) is 0 Å². The summed E-state index contributed by atoms with van der Waals surface area (Å²) in [4.78, 5) is 2.62. The normalized spacial score (nSPS) is 20.8. The van der Waals surface area contributed by atoms with Gasteiger partial charge in [0.1, 0.15) is 5.75 Å². The first-order valence-corrected chi connectivity index (χ1v) is 6.73. The van der Waals surface area contributed by atoms with Crippen LogP contribution in [-0.2, 0) is 13.0 Å². The van der Waals surface area contributed by atoms with E-state index in [-0.39, 0.29) is 0 Å². The van der Waals surface area contributed by atoms with Crippen LogP contribution >= 0.6 is 0 Å². The molecule has 3 rings (SSSR count). The maximum atomic E-state index is 5.28. The molecule has 1 aliphatic heterocycles. The molecule has 1 fully saturated rings. The minimum atomic E-state index is 0.981. The second-order valence-corrected chi connectivity index (χ2v) is 5.42. The molecule has 1 aromatic rings. The van der Waals surface area contributed by atoms with Crippen molar-refractivity contribution in [1.29, 1.82) is 0 Å². The fraction of sp³-hybridized carbons (Fsp3) is 0.600. The van der Waals surface area contributed by atoms with Crippen molar-refractivity contribution in [2.24, 2.45) is 5.92 Å². The SMILES string of the molecule is COc1ccc2c(c1)CCN(CC1CCC1)C2. The zero-order chi connectivity index (χ0) is 11.7. The molecule has 0 saturated heterocycles. The molecule has 0 radical (unpaired) electrons. The third-order valence-electron chi connectivity index (χ3n) is 4.25. The van der Waals surface area contributed by atoms with Gasteiger partial charge in [0.05, 0.1) is 7.11 Å².